The van der Waals surface area contributed by atoms with Gasteiger partial charge in [-0.1, -0.05) is 13.3 Å². The maximum Gasteiger partial charge on any atom is 0.126 e. The molecule has 1 fully saturated rings. The molecule has 1 saturated carbocycles. The lowest BCUT2D eigenvalue weighted by molar-refractivity contribution is 0.685. The van der Waals surface area contributed by atoms with Gasteiger partial charge in [-0.25, -0.2) is 4.98 Å². The van der Waals surface area contributed by atoms with Gasteiger partial charge < -0.3 is 10.6 Å². The number of anilines is 1. The Labute approximate surface area is 110 Å². The number of rotatable bonds is 7. The van der Waals surface area contributed by atoms with Crippen molar-refractivity contribution < 1.29 is 0 Å². The monoisotopic (exact) mass is 247 g/mol. The van der Waals surface area contributed by atoms with E-state index in [1.54, 1.807) is 0 Å². The van der Waals surface area contributed by atoms with Crippen molar-refractivity contribution >= 4 is 5.82 Å². The van der Waals surface area contributed by atoms with Crippen molar-refractivity contribution in [3.05, 3.63) is 23.4 Å². The Kier molecular flexibility index (Phi) is 4.59. The van der Waals surface area contributed by atoms with Gasteiger partial charge in [-0.3, -0.25) is 0 Å². The summed E-state index contributed by atoms with van der Waals surface area (Å²) in [6.45, 7) is 7.47. The molecule has 0 amide bonds. The zero-order chi connectivity index (χ0) is 13.0. The van der Waals surface area contributed by atoms with Gasteiger partial charge in [0.25, 0.3) is 0 Å². The minimum Gasteiger partial charge on any atom is -0.368 e. The fourth-order valence-electron chi connectivity index (χ4n) is 2.06. The smallest absolute Gasteiger partial charge is 0.126 e. The molecule has 0 atom stereocenters. The molecule has 1 aromatic rings. The van der Waals surface area contributed by atoms with Crippen LogP contribution in [0.5, 0.6) is 0 Å². The number of hydrogen-bond donors (Lipinski definition) is 2. The lowest BCUT2D eigenvalue weighted by Gasteiger charge is -2.13. The second-order valence-corrected chi connectivity index (χ2v) is 5.56. The van der Waals surface area contributed by atoms with E-state index in [2.05, 4.69) is 48.5 Å². The van der Waals surface area contributed by atoms with E-state index in [-0.39, 0.29) is 0 Å². The molecule has 0 bridgehead atoms. The maximum absolute atomic E-state index is 4.67. The van der Waals surface area contributed by atoms with E-state index in [1.165, 1.54) is 24.1 Å². The van der Waals surface area contributed by atoms with Gasteiger partial charge in [-0.05, 0) is 50.8 Å². The summed E-state index contributed by atoms with van der Waals surface area (Å²) in [6.07, 6.45) is 4.88. The highest BCUT2D eigenvalue weighted by Crippen LogP contribution is 2.20. The lowest BCUT2D eigenvalue weighted by atomic mass is 10.1. The molecule has 100 valence electrons. The van der Waals surface area contributed by atoms with Crippen molar-refractivity contribution in [2.24, 2.45) is 0 Å². The van der Waals surface area contributed by atoms with Crippen LogP contribution in [-0.2, 0) is 13.0 Å². The zero-order valence-corrected chi connectivity index (χ0v) is 11.8. The van der Waals surface area contributed by atoms with Crippen molar-refractivity contribution in [1.29, 1.82) is 0 Å². The van der Waals surface area contributed by atoms with Crippen LogP contribution in [0.2, 0.25) is 0 Å². The van der Waals surface area contributed by atoms with Crippen molar-refractivity contribution in [2.45, 2.75) is 65.1 Å². The number of aryl methyl sites for hydroxylation is 1. The van der Waals surface area contributed by atoms with E-state index in [0.717, 1.165) is 31.2 Å². The summed E-state index contributed by atoms with van der Waals surface area (Å²) in [5, 5.41) is 6.98. The summed E-state index contributed by atoms with van der Waals surface area (Å²) in [5.41, 5.74) is 2.55. The van der Waals surface area contributed by atoms with Crippen LogP contribution in [0.25, 0.3) is 0 Å². The SMILES string of the molecule is CCCc1cc(CNC2CC2)cc(NC(C)C)n1. The molecule has 3 nitrogen and oxygen atoms in total. The zero-order valence-electron chi connectivity index (χ0n) is 11.8. The molecule has 0 radical (unpaired) electrons. The number of nitrogens with zero attached hydrogens (tertiary/aromatic N) is 1. The number of hydrogen-bond acceptors (Lipinski definition) is 3. The molecule has 2 N–H and O–H groups in total. The van der Waals surface area contributed by atoms with Crippen LogP contribution in [-0.4, -0.2) is 17.1 Å². The van der Waals surface area contributed by atoms with Crippen LogP contribution in [0.15, 0.2) is 12.1 Å². The fourth-order valence-corrected chi connectivity index (χ4v) is 2.06. The molecular weight excluding hydrogens is 222 g/mol. The topological polar surface area (TPSA) is 37.0 Å². The van der Waals surface area contributed by atoms with Crippen LogP contribution < -0.4 is 10.6 Å². The first-order chi connectivity index (χ1) is 8.67. The molecule has 1 aliphatic carbocycles. The Morgan fingerprint density at radius 2 is 2.11 bits per heavy atom. The molecule has 0 spiro atoms. The molecular formula is C15H25N3. The highest BCUT2D eigenvalue weighted by Gasteiger charge is 2.20. The molecule has 1 heterocycles. The van der Waals surface area contributed by atoms with Gasteiger partial charge in [-0.2, -0.15) is 0 Å². The average Bonchev–Trinajstić information content (AvgIpc) is 3.09. The minimum absolute atomic E-state index is 0.429. The quantitative estimate of drug-likeness (QED) is 0.777. The maximum atomic E-state index is 4.67. The van der Waals surface area contributed by atoms with Crippen molar-refractivity contribution in [1.82, 2.24) is 10.3 Å². The largest absolute Gasteiger partial charge is 0.368 e. The molecule has 3 heteroatoms. The molecule has 2 rings (SSSR count). The Morgan fingerprint density at radius 1 is 1.33 bits per heavy atom. The van der Waals surface area contributed by atoms with Gasteiger partial charge in [0.05, 0.1) is 0 Å². The first-order valence-electron chi connectivity index (χ1n) is 7.17. The van der Waals surface area contributed by atoms with Crippen LogP contribution >= 0.6 is 0 Å². The predicted molar refractivity (Wildman–Crippen MR) is 76.9 cm³/mol. The van der Waals surface area contributed by atoms with Gasteiger partial charge in [0.15, 0.2) is 0 Å². The van der Waals surface area contributed by atoms with E-state index in [1.807, 2.05) is 0 Å². The molecule has 1 aliphatic rings. The Bertz CT molecular complexity index is 383. The third-order valence-corrected chi connectivity index (χ3v) is 3.05. The lowest BCUT2D eigenvalue weighted by Crippen LogP contribution is -2.17. The Morgan fingerprint density at radius 3 is 2.72 bits per heavy atom. The van der Waals surface area contributed by atoms with Gasteiger partial charge in [0, 0.05) is 24.3 Å². The van der Waals surface area contributed by atoms with Gasteiger partial charge in [0.2, 0.25) is 0 Å². The molecule has 0 saturated heterocycles. The molecule has 18 heavy (non-hydrogen) atoms. The highest BCUT2D eigenvalue weighted by molar-refractivity contribution is 5.40. The Hall–Kier alpha value is -1.09. The first kappa shape index (κ1) is 13.3. The number of nitrogens with one attached hydrogen (secondary N) is 2. The average molecular weight is 247 g/mol. The summed E-state index contributed by atoms with van der Waals surface area (Å²) in [7, 11) is 0. The second-order valence-electron chi connectivity index (χ2n) is 5.56. The van der Waals surface area contributed by atoms with Gasteiger partial charge in [-0.15, -0.1) is 0 Å². The van der Waals surface area contributed by atoms with Crippen LogP contribution in [0.3, 0.4) is 0 Å². The standard InChI is InChI=1S/C15H25N3/c1-4-5-14-8-12(10-16-13-6-7-13)9-15(18-14)17-11(2)3/h8-9,11,13,16H,4-7,10H2,1-3H3,(H,17,18). The minimum atomic E-state index is 0.429. The van der Waals surface area contributed by atoms with E-state index in [9.17, 15) is 0 Å². The molecule has 0 aromatic carbocycles. The summed E-state index contributed by atoms with van der Waals surface area (Å²) < 4.78 is 0. The van der Waals surface area contributed by atoms with Crippen molar-refractivity contribution in [3.63, 3.8) is 0 Å². The van der Waals surface area contributed by atoms with Crippen molar-refractivity contribution in [2.75, 3.05) is 5.32 Å². The number of aromatic nitrogens is 1. The normalized spacial score (nSPS) is 15.1. The van der Waals surface area contributed by atoms with Crippen LogP contribution in [0.4, 0.5) is 5.82 Å². The van der Waals surface area contributed by atoms with Crippen LogP contribution in [0.1, 0.15) is 51.3 Å². The molecule has 1 aromatic heterocycles. The summed E-state index contributed by atoms with van der Waals surface area (Å²) >= 11 is 0. The van der Waals surface area contributed by atoms with E-state index >= 15 is 0 Å². The summed E-state index contributed by atoms with van der Waals surface area (Å²) in [6, 6.07) is 5.60. The third-order valence-electron chi connectivity index (χ3n) is 3.05. The molecule has 0 aliphatic heterocycles. The number of pyridine rings is 1. The van der Waals surface area contributed by atoms with E-state index in [0.29, 0.717) is 6.04 Å². The Balaban J connectivity index is 2.06. The van der Waals surface area contributed by atoms with Gasteiger partial charge >= 0.3 is 0 Å². The molecule has 0 unspecified atom stereocenters. The van der Waals surface area contributed by atoms with E-state index in [4.69, 9.17) is 0 Å². The highest BCUT2D eigenvalue weighted by atomic mass is 15.0. The first-order valence-corrected chi connectivity index (χ1v) is 7.17. The van der Waals surface area contributed by atoms with E-state index < -0.39 is 0 Å². The predicted octanol–water partition coefficient (Wildman–Crippen LogP) is 3.11. The van der Waals surface area contributed by atoms with Crippen molar-refractivity contribution in [3.8, 4) is 0 Å². The van der Waals surface area contributed by atoms with Crippen LogP contribution in [0, 0.1) is 0 Å². The van der Waals surface area contributed by atoms with Gasteiger partial charge in [0.1, 0.15) is 5.82 Å². The summed E-state index contributed by atoms with van der Waals surface area (Å²) in [4.78, 5) is 4.67. The third kappa shape index (κ3) is 4.30. The second kappa shape index (κ2) is 6.19. The fraction of sp³-hybridized carbons (Fsp3) is 0.667. The summed E-state index contributed by atoms with van der Waals surface area (Å²) in [5.74, 6) is 1.02.